The van der Waals surface area contributed by atoms with Crippen molar-refractivity contribution in [2.24, 2.45) is 0 Å². The van der Waals surface area contributed by atoms with E-state index in [1.807, 2.05) is 25.2 Å². The molecule has 0 aliphatic heterocycles. The number of rotatable bonds is 4. The monoisotopic (exact) mass is 241 g/mol. The van der Waals surface area contributed by atoms with E-state index in [0.29, 0.717) is 0 Å². The van der Waals surface area contributed by atoms with Crippen LogP contribution in [0.5, 0.6) is 11.5 Å². The molecule has 0 fully saturated rings. The maximum Gasteiger partial charge on any atom is 0.127 e. The van der Waals surface area contributed by atoms with Gasteiger partial charge in [-0.25, -0.2) is 0 Å². The van der Waals surface area contributed by atoms with Crippen LogP contribution >= 0.6 is 0 Å². The van der Waals surface area contributed by atoms with Crippen LogP contribution in [-0.4, -0.2) is 7.05 Å². The second kappa shape index (κ2) is 5.69. The maximum absolute atomic E-state index is 5.83. The van der Waals surface area contributed by atoms with Crippen LogP contribution in [0.4, 0.5) is 0 Å². The second-order valence-corrected chi connectivity index (χ2v) is 4.53. The fraction of sp³-hybridized carbons (Fsp3) is 0.250. The Bertz CT molecular complexity index is 517. The van der Waals surface area contributed by atoms with Gasteiger partial charge in [0, 0.05) is 6.54 Å². The predicted molar refractivity (Wildman–Crippen MR) is 75.2 cm³/mol. The summed E-state index contributed by atoms with van der Waals surface area (Å²) in [6.45, 7) is 5.06. The Kier molecular flexibility index (Phi) is 4.00. The number of hydrogen-bond acceptors (Lipinski definition) is 2. The van der Waals surface area contributed by atoms with Gasteiger partial charge in [0.25, 0.3) is 0 Å². The van der Waals surface area contributed by atoms with Crippen molar-refractivity contribution < 1.29 is 4.74 Å². The first-order valence-electron chi connectivity index (χ1n) is 6.17. The molecule has 0 aromatic heterocycles. The highest BCUT2D eigenvalue weighted by Gasteiger charge is 2.01. The zero-order valence-corrected chi connectivity index (χ0v) is 11.2. The molecule has 0 saturated heterocycles. The molecule has 0 unspecified atom stereocenters. The molecule has 94 valence electrons. The minimum Gasteiger partial charge on any atom is -0.457 e. The molecule has 0 atom stereocenters. The van der Waals surface area contributed by atoms with Crippen LogP contribution in [0.15, 0.2) is 42.5 Å². The molecule has 2 nitrogen and oxygen atoms in total. The minimum absolute atomic E-state index is 0.876. The van der Waals surface area contributed by atoms with E-state index in [1.165, 1.54) is 16.7 Å². The summed E-state index contributed by atoms with van der Waals surface area (Å²) in [7, 11) is 1.95. The molecule has 0 radical (unpaired) electrons. The number of nitrogens with one attached hydrogen (secondary N) is 1. The van der Waals surface area contributed by atoms with Crippen molar-refractivity contribution in [2.75, 3.05) is 7.05 Å². The van der Waals surface area contributed by atoms with Crippen LogP contribution in [0.2, 0.25) is 0 Å². The van der Waals surface area contributed by atoms with Gasteiger partial charge < -0.3 is 10.1 Å². The van der Waals surface area contributed by atoms with E-state index in [0.717, 1.165) is 18.0 Å². The Balaban J connectivity index is 2.14. The Morgan fingerprint density at radius 3 is 2.22 bits per heavy atom. The average molecular weight is 241 g/mol. The van der Waals surface area contributed by atoms with E-state index in [4.69, 9.17) is 4.74 Å². The van der Waals surface area contributed by atoms with Gasteiger partial charge in [-0.1, -0.05) is 23.8 Å². The lowest BCUT2D eigenvalue weighted by molar-refractivity contribution is 0.482. The summed E-state index contributed by atoms with van der Waals surface area (Å²) < 4.78 is 5.83. The Morgan fingerprint density at radius 2 is 1.61 bits per heavy atom. The molecule has 0 amide bonds. The van der Waals surface area contributed by atoms with Crippen LogP contribution in [0.25, 0.3) is 0 Å². The van der Waals surface area contributed by atoms with Gasteiger partial charge in [-0.3, -0.25) is 0 Å². The predicted octanol–water partition coefficient (Wildman–Crippen LogP) is 3.82. The molecular formula is C16H19NO. The molecule has 1 N–H and O–H groups in total. The SMILES string of the molecule is CNCc1ccc(Oc2ccc(C)cc2)cc1C. The molecule has 2 heteroatoms. The highest BCUT2D eigenvalue weighted by atomic mass is 16.5. The summed E-state index contributed by atoms with van der Waals surface area (Å²) in [5.74, 6) is 1.76. The summed E-state index contributed by atoms with van der Waals surface area (Å²) >= 11 is 0. The number of aryl methyl sites for hydroxylation is 2. The molecule has 0 aliphatic carbocycles. The second-order valence-electron chi connectivity index (χ2n) is 4.53. The summed E-state index contributed by atoms with van der Waals surface area (Å²) in [5, 5.41) is 3.16. The van der Waals surface area contributed by atoms with Crippen molar-refractivity contribution in [3.8, 4) is 11.5 Å². The normalized spacial score (nSPS) is 10.4. The highest BCUT2D eigenvalue weighted by Crippen LogP contribution is 2.24. The van der Waals surface area contributed by atoms with Crippen LogP contribution in [-0.2, 0) is 6.54 Å². The van der Waals surface area contributed by atoms with Crippen molar-refractivity contribution in [1.29, 1.82) is 0 Å². The topological polar surface area (TPSA) is 21.3 Å². The molecule has 2 rings (SSSR count). The van der Waals surface area contributed by atoms with Gasteiger partial charge in [0.15, 0.2) is 0 Å². The van der Waals surface area contributed by atoms with E-state index < -0.39 is 0 Å². The highest BCUT2D eigenvalue weighted by molar-refractivity contribution is 5.38. The fourth-order valence-corrected chi connectivity index (χ4v) is 1.86. The molecule has 0 saturated carbocycles. The van der Waals surface area contributed by atoms with E-state index in [1.54, 1.807) is 0 Å². The lowest BCUT2D eigenvalue weighted by Crippen LogP contribution is -2.06. The molecular weight excluding hydrogens is 222 g/mol. The summed E-state index contributed by atoms with van der Waals surface area (Å²) in [6.07, 6.45) is 0. The van der Waals surface area contributed by atoms with E-state index in [2.05, 4.69) is 43.4 Å². The Morgan fingerprint density at radius 1 is 0.944 bits per heavy atom. The number of ether oxygens (including phenoxy) is 1. The first kappa shape index (κ1) is 12.7. The van der Waals surface area contributed by atoms with Gasteiger partial charge in [-0.05, 0) is 56.3 Å². The van der Waals surface area contributed by atoms with Crippen LogP contribution in [0, 0.1) is 13.8 Å². The molecule has 0 bridgehead atoms. The molecule has 0 aliphatic rings. The smallest absolute Gasteiger partial charge is 0.127 e. The third-order valence-electron chi connectivity index (χ3n) is 2.94. The van der Waals surface area contributed by atoms with Crippen LogP contribution in [0.3, 0.4) is 0 Å². The van der Waals surface area contributed by atoms with E-state index in [-0.39, 0.29) is 0 Å². The largest absolute Gasteiger partial charge is 0.457 e. The summed E-state index contributed by atoms with van der Waals surface area (Å²) in [4.78, 5) is 0. The third-order valence-corrected chi connectivity index (χ3v) is 2.94. The van der Waals surface area contributed by atoms with Gasteiger partial charge in [0.05, 0.1) is 0 Å². The van der Waals surface area contributed by atoms with Crippen molar-refractivity contribution in [3.05, 3.63) is 59.2 Å². The molecule has 2 aromatic carbocycles. The number of benzene rings is 2. The standard InChI is InChI=1S/C16H19NO/c1-12-4-7-15(8-5-12)18-16-9-6-14(11-17-3)13(2)10-16/h4-10,17H,11H2,1-3H3. The van der Waals surface area contributed by atoms with Gasteiger partial charge in [-0.15, -0.1) is 0 Å². The summed E-state index contributed by atoms with van der Waals surface area (Å²) in [6, 6.07) is 14.3. The summed E-state index contributed by atoms with van der Waals surface area (Å²) in [5.41, 5.74) is 3.78. The van der Waals surface area contributed by atoms with Crippen LogP contribution < -0.4 is 10.1 Å². The van der Waals surface area contributed by atoms with Gasteiger partial charge in [0.2, 0.25) is 0 Å². The minimum atomic E-state index is 0.876. The third kappa shape index (κ3) is 3.11. The zero-order chi connectivity index (χ0) is 13.0. The van der Waals surface area contributed by atoms with E-state index >= 15 is 0 Å². The van der Waals surface area contributed by atoms with E-state index in [9.17, 15) is 0 Å². The molecule has 0 spiro atoms. The number of hydrogen-bond donors (Lipinski definition) is 1. The molecule has 0 heterocycles. The van der Waals surface area contributed by atoms with Crippen molar-refractivity contribution >= 4 is 0 Å². The van der Waals surface area contributed by atoms with Crippen molar-refractivity contribution in [3.63, 3.8) is 0 Å². The first-order chi connectivity index (χ1) is 8.69. The molecule has 18 heavy (non-hydrogen) atoms. The van der Waals surface area contributed by atoms with Gasteiger partial charge >= 0.3 is 0 Å². The fourth-order valence-electron chi connectivity index (χ4n) is 1.86. The van der Waals surface area contributed by atoms with Crippen molar-refractivity contribution in [1.82, 2.24) is 5.32 Å². The lowest BCUT2D eigenvalue weighted by Gasteiger charge is -2.10. The lowest BCUT2D eigenvalue weighted by atomic mass is 10.1. The van der Waals surface area contributed by atoms with Gasteiger partial charge in [-0.2, -0.15) is 0 Å². The van der Waals surface area contributed by atoms with Crippen molar-refractivity contribution in [2.45, 2.75) is 20.4 Å². The van der Waals surface area contributed by atoms with Crippen LogP contribution in [0.1, 0.15) is 16.7 Å². The van der Waals surface area contributed by atoms with Gasteiger partial charge in [0.1, 0.15) is 11.5 Å². The first-order valence-corrected chi connectivity index (χ1v) is 6.17. The quantitative estimate of drug-likeness (QED) is 0.878. The molecule has 2 aromatic rings. The Labute approximate surface area is 109 Å². The average Bonchev–Trinajstić information content (AvgIpc) is 2.36. The Hall–Kier alpha value is -1.80. The zero-order valence-electron chi connectivity index (χ0n) is 11.2. The maximum atomic E-state index is 5.83.